The van der Waals surface area contributed by atoms with Crippen molar-refractivity contribution in [2.45, 2.75) is 26.1 Å². The number of rotatable bonds is 8. The Bertz CT molecular complexity index is 951. The summed E-state index contributed by atoms with van der Waals surface area (Å²) in [7, 11) is -0.909. The van der Waals surface area contributed by atoms with E-state index in [-0.39, 0.29) is 0 Å². The minimum atomic E-state index is -0.909. The molecule has 0 aliphatic carbocycles. The first-order valence-corrected chi connectivity index (χ1v) is 11.0. The number of nitrogens with one attached hydrogen (secondary N) is 2. The van der Waals surface area contributed by atoms with Gasteiger partial charge in [-0.05, 0) is 25.5 Å². The number of hydrogen-bond acceptors (Lipinski definition) is 3. The van der Waals surface area contributed by atoms with E-state index in [4.69, 9.17) is 4.42 Å². The molecule has 3 rings (SSSR count). The summed E-state index contributed by atoms with van der Waals surface area (Å²) < 4.78 is 18.2. The van der Waals surface area contributed by atoms with Gasteiger partial charge in [0.15, 0.2) is 5.96 Å². The maximum Gasteiger partial charge on any atom is 0.191 e. The van der Waals surface area contributed by atoms with Crippen LogP contribution in [0.25, 0.3) is 11.0 Å². The lowest BCUT2D eigenvalue weighted by molar-refractivity contribution is 0.548. The van der Waals surface area contributed by atoms with Crippen LogP contribution in [0.15, 0.2) is 64.0 Å². The zero-order valence-corrected chi connectivity index (χ0v) is 17.2. The predicted molar refractivity (Wildman–Crippen MR) is 117 cm³/mol. The fraction of sp³-hybridized carbons (Fsp3) is 0.318. The first-order chi connectivity index (χ1) is 13.7. The molecule has 3 aromatic rings. The van der Waals surface area contributed by atoms with Crippen LogP contribution in [0.3, 0.4) is 0 Å². The van der Waals surface area contributed by atoms with Crippen molar-refractivity contribution in [3.63, 3.8) is 0 Å². The van der Waals surface area contributed by atoms with Crippen molar-refractivity contribution < 1.29 is 8.63 Å². The highest BCUT2D eigenvalue weighted by Crippen LogP contribution is 2.25. The van der Waals surface area contributed by atoms with E-state index in [1.807, 2.05) is 55.5 Å². The van der Waals surface area contributed by atoms with Gasteiger partial charge in [0.25, 0.3) is 0 Å². The molecule has 0 spiro atoms. The van der Waals surface area contributed by atoms with E-state index >= 15 is 0 Å². The Morgan fingerprint density at radius 2 is 1.82 bits per heavy atom. The summed E-state index contributed by atoms with van der Waals surface area (Å²) in [5.74, 6) is 2.72. The predicted octanol–water partition coefficient (Wildman–Crippen LogP) is 3.75. The van der Waals surface area contributed by atoms with Gasteiger partial charge in [0.2, 0.25) is 0 Å². The van der Waals surface area contributed by atoms with Gasteiger partial charge in [-0.25, -0.2) is 4.99 Å². The number of nitrogens with zero attached hydrogens (tertiary/aromatic N) is 1. The molecule has 6 heteroatoms. The SMILES string of the molecule is CCNC(=NCc1oc2ccccc2c1C)NCCS(=O)Cc1ccccc1. The molecule has 28 heavy (non-hydrogen) atoms. The summed E-state index contributed by atoms with van der Waals surface area (Å²) in [5.41, 5.74) is 3.11. The zero-order valence-electron chi connectivity index (χ0n) is 16.4. The number of benzene rings is 2. The molecule has 0 aliphatic heterocycles. The number of guanidine groups is 1. The van der Waals surface area contributed by atoms with Gasteiger partial charge < -0.3 is 15.1 Å². The molecule has 1 atom stereocenters. The Morgan fingerprint density at radius 3 is 2.57 bits per heavy atom. The normalized spacial score (nSPS) is 12.9. The average molecular weight is 398 g/mol. The summed E-state index contributed by atoms with van der Waals surface area (Å²) >= 11 is 0. The van der Waals surface area contributed by atoms with E-state index in [0.29, 0.717) is 30.6 Å². The molecule has 1 aromatic heterocycles. The second kappa shape index (κ2) is 10.1. The number of aryl methyl sites for hydroxylation is 1. The highest BCUT2D eigenvalue weighted by atomic mass is 32.2. The Kier molecular flexibility index (Phi) is 7.25. The lowest BCUT2D eigenvalue weighted by Crippen LogP contribution is -2.39. The highest BCUT2D eigenvalue weighted by molar-refractivity contribution is 7.84. The van der Waals surface area contributed by atoms with Gasteiger partial charge in [0.05, 0.1) is 0 Å². The van der Waals surface area contributed by atoms with Crippen molar-refractivity contribution in [2.75, 3.05) is 18.8 Å². The maximum absolute atomic E-state index is 12.3. The second-order valence-electron chi connectivity index (χ2n) is 6.54. The minimum Gasteiger partial charge on any atom is -0.459 e. The van der Waals surface area contributed by atoms with Crippen LogP contribution in [0, 0.1) is 6.92 Å². The molecule has 1 heterocycles. The molecule has 2 N–H and O–H groups in total. The first kappa shape index (κ1) is 20.1. The molecule has 2 aromatic carbocycles. The summed E-state index contributed by atoms with van der Waals surface area (Å²) in [5, 5.41) is 7.62. The molecule has 0 bridgehead atoms. The van der Waals surface area contributed by atoms with Crippen molar-refractivity contribution in [1.82, 2.24) is 10.6 Å². The van der Waals surface area contributed by atoms with Crippen molar-refractivity contribution in [2.24, 2.45) is 4.99 Å². The van der Waals surface area contributed by atoms with E-state index in [0.717, 1.165) is 34.4 Å². The molecule has 1 unspecified atom stereocenters. The van der Waals surface area contributed by atoms with E-state index < -0.39 is 10.8 Å². The van der Waals surface area contributed by atoms with Crippen molar-refractivity contribution in [3.05, 3.63) is 71.5 Å². The van der Waals surface area contributed by atoms with E-state index in [1.165, 1.54) is 0 Å². The zero-order chi connectivity index (χ0) is 19.8. The standard InChI is InChI=1S/C22H27N3O2S/c1-3-23-22(24-13-14-28(26)16-18-9-5-4-6-10-18)25-15-21-17(2)19-11-7-8-12-20(19)27-21/h4-12H,3,13-16H2,1-2H3,(H2,23,24,25). The molecule has 0 aliphatic rings. The lowest BCUT2D eigenvalue weighted by Gasteiger charge is -2.11. The highest BCUT2D eigenvalue weighted by Gasteiger charge is 2.10. The van der Waals surface area contributed by atoms with Crippen LogP contribution in [0.4, 0.5) is 0 Å². The van der Waals surface area contributed by atoms with Gasteiger partial charge in [0, 0.05) is 46.3 Å². The summed E-state index contributed by atoms with van der Waals surface area (Å²) in [6.07, 6.45) is 0. The quantitative estimate of drug-likeness (QED) is 0.449. The molecule has 0 saturated carbocycles. The number of hydrogen-bond donors (Lipinski definition) is 2. The summed E-state index contributed by atoms with van der Waals surface area (Å²) in [6, 6.07) is 17.9. The van der Waals surface area contributed by atoms with Crippen LogP contribution in [0.1, 0.15) is 23.8 Å². The van der Waals surface area contributed by atoms with Crippen LogP contribution in [-0.2, 0) is 23.1 Å². The summed E-state index contributed by atoms with van der Waals surface area (Å²) in [6.45, 7) is 5.91. The third kappa shape index (κ3) is 5.45. The number of furan rings is 1. The topological polar surface area (TPSA) is 66.6 Å². The monoisotopic (exact) mass is 397 g/mol. The Labute approximate surface area is 168 Å². The molecule has 148 valence electrons. The lowest BCUT2D eigenvalue weighted by atomic mass is 10.1. The van der Waals surface area contributed by atoms with Gasteiger partial charge in [-0.3, -0.25) is 4.21 Å². The largest absolute Gasteiger partial charge is 0.459 e. The average Bonchev–Trinajstić information content (AvgIpc) is 3.03. The molecule has 0 fully saturated rings. The molecular weight excluding hydrogens is 370 g/mol. The van der Waals surface area contributed by atoms with Gasteiger partial charge in [-0.1, -0.05) is 48.5 Å². The van der Waals surface area contributed by atoms with Crippen LogP contribution >= 0.6 is 0 Å². The molecule has 0 amide bonds. The molecule has 0 radical (unpaired) electrons. The van der Waals surface area contributed by atoms with Crippen molar-refractivity contribution >= 4 is 27.7 Å². The Balaban J connectivity index is 1.55. The van der Waals surface area contributed by atoms with Crippen LogP contribution < -0.4 is 10.6 Å². The van der Waals surface area contributed by atoms with Gasteiger partial charge in [-0.15, -0.1) is 0 Å². The fourth-order valence-electron chi connectivity index (χ4n) is 2.98. The number of para-hydroxylation sites is 1. The third-order valence-electron chi connectivity index (χ3n) is 4.46. The molecule has 5 nitrogen and oxygen atoms in total. The first-order valence-electron chi connectivity index (χ1n) is 9.55. The Morgan fingerprint density at radius 1 is 1.07 bits per heavy atom. The van der Waals surface area contributed by atoms with Crippen molar-refractivity contribution in [1.29, 1.82) is 0 Å². The Hall–Kier alpha value is -2.60. The van der Waals surface area contributed by atoms with Crippen LogP contribution in [0.5, 0.6) is 0 Å². The van der Waals surface area contributed by atoms with Crippen LogP contribution in [0.2, 0.25) is 0 Å². The van der Waals surface area contributed by atoms with Gasteiger partial charge in [0.1, 0.15) is 17.9 Å². The van der Waals surface area contributed by atoms with E-state index in [9.17, 15) is 4.21 Å². The van der Waals surface area contributed by atoms with Gasteiger partial charge in [-0.2, -0.15) is 0 Å². The van der Waals surface area contributed by atoms with Crippen LogP contribution in [-0.4, -0.2) is 29.0 Å². The molecular formula is C22H27N3O2S. The second-order valence-corrected chi connectivity index (χ2v) is 8.12. The van der Waals surface area contributed by atoms with Gasteiger partial charge >= 0.3 is 0 Å². The van der Waals surface area contributed by atoms with Crippen molar-refractivity contribution in [3.8, 4) is 0 Å². The van der Waals surface area contributed by atoms with E-state index in [2.05, 4.69) is 28.6 Å². The number of fused-ring (bicyclic) bond motifs is 1. The number of aliphatic imine (C=N–C) groups is 1. The molecule has 0 saturated heterocycles. The summed E-state index contributed by atoms with van der Waals surface area (Å²) in [4.78, 5) is 4.62. The fourth-order valence-corrected chi connectivity index (χ4v) is 4.02. The maximum atomic E-state index is 12.3. The minimum absolute atomic E-state index is 0.461. The third-order valence-corrected chi connectivity index (χ3v) is 5.77. The smallest absolute Gasteiger partial charge is 0.191 e. The van der Waals surface area contributed by atoms with E-state index in [1.54, 1.807) is 0 Å².